The molecule has 12 heteroatoms. The van der Waals surface area contributed by atoms with Crippen LogP contribution >= 0.6 is 0 Å². The van der Waals surface area contributed by atoms with E-state index in [-0.39, 0.29) is 6.92 Å². The van der Waals surface area contributed by atoms with Crippen molar-refractivity contribution < 1.29 is 47.4 Å². The molecule has 110 valence electrons. The second kappa shape index (κ2) is 4.17. The van der Waals surface area contributed by atoms with Crippen LogP contribution in [0.15, 0.2) is 0 Å². The van der Waals surface area contributed by atoms with Crippen molar-refractivity contribution in [2.24, 2.45) is 0 Å². The normalized spacial score (nSPS) is 15.9. The molecule has 0 aromatic carbocycles. The van der Waals surface area contributed by atoms with Crippen LogP contribution in [0.1, 0.15) is 13.3 Å². The van der Waals surface area contributed by atoms with Crippen LogP contribution in [0.25, 0.3) is 0 Å². The first kappa shape index (κ1) is 17.3. The summed E-state index contributed by atoms with van der Waals surface area (Å²) >= 11 is 0. The van der Waals surface area contributed by atoms with Crippen molar-refractivity contribution in [3.63, 3.8) is 0 Å². The molecule has 0 aliphatic carbocycles. The Labute approximate surface area is 95.0 Å². The van der Waals surface area contributed by atoms with Gasteiger partial charge < -0.3 is 0 Å². The van der Waals surface area contributed by atoms with Crippen LogP contribution in [-0.4, -0.2) is 31.4 Å². The Kier molecular flexibility index (Phi) is 4.01. The molecule has 0 bridgehead atoms. The molecule has 0 radical (unpaired) electrons. The minimum Gasteiger partial charge on any atom is -0.200 e. The fraction of sp³-hybridized carbons (Fsp3) is 1.00. The van der Waals surface area contributed by atoms with Crippen molar-refractivity contribution in [3.05, 3.63) is 0 Å². The van der Waals surface area contributed by atoms with Gasteiger partial charge in [0, 0.05) is 6.42 Å². The number of halogens is 9. The first-order chi connectivity index (χ1) is 7.56. The standard InChI is InChI=1S/C6H5F9O2S/c1-2-3(7,8)4(9,10)5(11,12)6(13,14)18(15,16)17/h2H2,1H3. The summed E-state index contributed by atoms with van der Waals surface area (Å²) in [5.41, 5.74) is 0. The maximum Gasteiger partial charge on any atom is 0.442 e. The zero-order valence-electron chi connectivity index (χ0n) is 8.33. The second-order valence-corrected chi connectivity index (χ2v) is 4.55. The molecule has 0 rings (SSSR count). The lowest BCUT2D eigenvalue weighted by atomic mass is 10.0. The molecule has 0 aromatic heterocycles. The van der Waals surface area contributed by atoms with Gasteiger partial charge in [0.2, 0.25) is 0 Å². The molecule has 0 N–H and O–H groups in total. The average molecular weight is 312 g/mol. The molecule has 0 spiro atoms. The van der Waals surface area contributed by atoms with Crippen molar-refractivity contribution in [3.8, 4) is 0 Å². The molecular formula is C6H5F9O2S. The predicted molar refractivity (Wildman–Crippen MR) is 40.1 cm³/mol. The summed E-state index contributed by atoms with van der Waals surface area (Å²) in [4.78, 5) is 0. The summed E-state index contributed by atoms with van der Waals surface area (Å²) in [6.07, 6.45) is -1.99. The smallest absolute Gasteiger partial charge is 0.200 e. The Morgan fingerprint density at radius 3 is 1.39 bits per heavy atom. The summed E-state index contributed by atoms with van der Waals surface area (Å²) in [7, 11) is -7.51. The Balaban J connectivity index is 5.96. The Hall–Kier alpha value is -0.680. The molecule has 2 nitrogen and oxygen atoms in total. The van der Waals surface area contributed by atoms with Crippen molar-refractivity contribution in [2.75, 3.05) is 0 Å². The van der Waals surface area contributed by atoms with Gasteiger partial charge in [-0.15, -0.1) is 0 Å². The van der Waals surface area contributed by atoms with Crippen LogP contribution in [0.5, 0.6) is 0 Å². The van der Waals surface area contributed by atoms with Gasteiger partial charge in [0.05, 0.1) is 0 Å². The minimum absolute atomic E-state index is 0.270. The Bertz CT molecular complexity index is 413. The molecule has 0 aromatic rings. The van der Waals surface area contributed by atoms with E-state index in [1.807, 2.05) is 0 Å². The lowest BCUT2D eigenvalue weighted by molar-refractivity contribution is -0.348. The maximum atomic E-state index is 12.6. The van der Waals surface area contributed by atoms with Gasteiger partial charge in [-0.3, -0.25) is 0 Å². The van der Waals surface area contributed by atoms with Gasteiger partial charge in [0.1, 0.15) is 0 Å². The molecule has 0 fully saturated rings. The third-order valence-electron chi connectivity index (χ3n) is 1.97. The van der Waals surface area contributed by atoms with E-state index < -0.39 is 39.7 Å². The van der Waals surface area contributed by atoms with Crippen LogP contribution in [0.3, 0.4) is 0 Å². The van der Waals surface area contributed by atoms with Gasteiger partial charge in [-0.1, -0.05) is 10.8 Å². The molecule has 0 heterocycles. The van der Waals surface area contributed by atoms with Crippen LogP contribution < -0.4 is 0 Å². The van der Waals surface area contributed by atoms with E-state index in [1.54, 1.807) is 0 Å². The lowest BCUT2D eigenvalue weighted by Gasteiger charge is -2.34. The van der Waals surface area contributed by atoms with E-state index in [4.69, 9.17) is 0 Å². The highest BCUT2D eigenvalue weighted by atomic mass is 32.3. The fourth-order valence-corrected chi connectivity index (χ4v) is 1.22. The van der Waals surface area contributed by atoms with E-state index in [0.717, 1.165) is 0 Å². The maximum absolute atomic E-state index is 12.6. The first-order valence-electron chi connectivity index (χ1n) is 4.01. The topological polar surface area (TPSA) is 34.1 Å². The van der Waals surface area contributed by atoms with E-state index in [0.29, 0.717) is 0 Å². The molecule has 0 saturated heterocycles. The van der Waals surface area contributed by atoms with Crippen LogP contribution in [0, 0.1) is 0 Å². The van der Waals surface area contributed by atoms with Gasteiger partial charge in [0.15, 0.2) is 0 Å². The zero-order chi connectivity index (χ0) is 15.2. The molecule has 0 saturated carbocycles. The Morgan fingerprint density at radius 2 is 1.17 bits per heavy atom. The number of rotatable bonds is 5. The van der Waals surface area contributed by atoms with Gasteiger partial charge in [0.25, 0.3) is 0 Å². The monoisotopic (exact) mass is 312 g/mol. The SMILES string of the molecule is CCC(F)(F)C(F)(F)C(F)(F)C(F)(F)S(=O)(=O)F. The molecule has 0 aliphatic rings. The van der Waals surface area contributed by atoms with Crippen molar-refractivity contribution in [2.45, 2.75) is 36.4 Å². The van der Waals surface area contributed by atoms with Crippen LogP contribution in [-0.2, 0) is 10.2 Å². The zero-order valence-corrected chi connectivity index (χ0v) is 9.15. The number of hydrogen-bond acceptors (Lipinski definition) is 2. The van der Waals surface area contributed by atoms with Gasteiger partial charge in [-0.05, 0) is 0 Å². The molecule has 18 heavy (non-hydrogen) atoms. The van der Waals surface area contributed by atoms with E-state index >= 15 is 0 Å². The third-order valence-corrected chi connectivity index (χ3v) is 2.84. The second-order valence-electron chi connectivity index (χ2n) is 3.16. The molecule has 0 unspecified atom stereocenters. The summed E-state index contributed by atoms with van der Waals surface area (Å²) in [6, 6.07) is 0. The quantitative estimate of drug-likeness (QED) is 0.577. The third kappa shape index (κ3) is 2.14. The van der Waals surface area contributed by atoms with Crippen LogP contribution in [0.4, 0.5) is 39.0 Å². The highest BCUT2D eigenvalue weighted by Gasteiger charge is 2.84. The first-order valence-corrected chi connectivity index (χ1v) is 5.40. The summed E-state index contributed by atoms with van der Waals surface area (Å²) < 4.78 is 131. The molecule has 0 amide bonds. The van der Waals surface area contributed by atoms with Crippen molar-refractivity contribution in [1.29, 1.82) is 0 Å². The summed E-state index contributed by atoms with van der Waals surface area (Å²) in [6.45, 7) is 0.270. The minimum atomic E-state index is -7.51. The molecule has 0 aliphatic heterocycles. The Morgan fingerprint density at radius 1 is 0.833 bits per heavy atom. The fourth-order valence-electron chi connectivity index (χ4n) is 0.788. The van der Waals surface area contributed by atoms with E-state index in [2.05, 4.69) is 0 Å². The van der Waals surface area contributed by atoms with Crippen molar-refractivity contribution >= 4 is 10.2 Å². The number of alkyl halides is 8. The van der Waals surface area contributed by atoms with Gasteiger partial charge >= 0.3 is 33.2 Å². The average Bonchev–Trinajstić information content (AvgIpc) is 2.15. The lowest BCUT2D eigenvalue weighted by Crippen LogP contribution is -2.63. The molecule has 0 atom stereocenters. The number of hydrogen-bond donors (Lipinski definition) is 0. The molecular weight excluding hydrogens is 307 g/mol. The van der Waals surface area contributed by atoms with Crippen molar-refractivity contribution in [1.82, 2.24) is 0 Å². The van der Waals surface area contributed by atoms with E-state index in [1.165, 1.54) is 0 Å². The van der Waals surface area contributed by atoms with E-state index in [9.17, 15) is 47.4 Å². The highest BCUT2D eigenvalue weighted by Crippen LogP contribution is 2.55. The summed E-state index contributed by atoms with van der Waals surface area (Å²) in [5, 5.41) is -6.98. The largest absolute Gasteiger partial charge is 0.442 e. The van der Waals surface area contributed by atoms with Gasteiger partial charge in [-0.2, -0.15) is 43.5 Å². The summed E-state index contributed by atoms with van der Waals surface area (Å²) in [5.74, 6) is -19.5. The highest BCUT2D eigenvalue weighted by molar-refractivity contribution is 7.87. The predicted octanol–water partition coefficient (Wildman–Crippen LogP) is 3.19. The van der Waals surface area contributed by atoms with Gasteiger partial charge in [-0.25, -0.2) is 0 Å². The van der Waals surface area contributed by atoms with Crippen LogP contribution in [0.2, 0.25) is 0 Å².